The number of carbonyl (C=O) groups is 1. The number of aryl methyl sites for hydroxylation is 2. The second-order valence-electron chi connectivity index (χ2n) is 5.11. The van der Waals surface area contributed by atoms with Gasteiger partial charge in [0.25, 0.3) is 0 Å². The highest BCUT2D eigenvalue weighted by molar-refractivity contribution is 5.93. The van der Waals surface area contributed by atoms with Gasteiger partial charge in [0, 0.05) is 12.5 Å². The standard InChI is InChI=1S/C15H24N2O2/c1-9-8-10(2)14(15(19-5)12(9)4)17-13(18)7-6-11(3)16/h8,11H,6-7,16H2,1-5H3,(H,17,18). The van der Waals surface area contributed by atoms with E-state index in [9.17, 15) is 4.79 Å². The van der Waals surface area contributed by atoms with Crippen LogP contribution in [0, 0.1) is 20.8 Å². The number of hydrogen-bond acceptors (Lipinski definition) is 3. The molecule has 1 aromatic rings. The SMILES string of the molecule is COc1c(C)c(C)cc(C)c1NC(=O)CCC(C)N. The minimum atomic E-state index is -0.0260. The lowest BCUT2D eigenvalue weighted by Gasteiger charge is -2.17. The molecule has 3 N–H and O–H groups in total. The average molecular weight is 264 g/mol. The first kappa shape index (κ1) is 15.5. The highest BCUT2D eigenvalue weighted by Gasteiger charge is 2.14. The number of rotatable bonds is 5. The number of anilines is 1. The maximum Gasteiger partial charge on any atom is 0.224 e. The summed E-state index contributed by atoms with van der Waals surface area (Å²) in [7, 11) is 1.62. The van der Waals surface area contributed by atoms with Crippen LogP contribution in [0.15, 0.2) is 6.07 Å². The summed E-state index contributed by atoms with van der Waals surface area (Å²) in [5.74, 6) is 0.716. The van der Waals surface area contributed by atoms with Crippen LogP contribution in [0.4, 0.5) is 5.69 Å². The molecule has 1 aromatic carbocycles. The summed E-state index contributed by atoms with van der Waals surface area (Å²) in [6.45, 7) is 7.89. The lowest BCUT2D eigenvalue weighted by Crippen LogP contribution is -2.20. The zero-order chi connectivity index (χ0) is 14.6. The first-order valence-corrected chi connectivity index (χ1v) is 6.57. The van der Waals surface area contributed by atoms with Crippen molar-refractivity contribution in [3.05, 3.63) is 22.8 Å². The summed E-state index contributed by atoms with van der Waals surface area (Å²) < 4.78 is 5.42. The molecule has 106 valence electrons. The van der Waals surface area contributed by atoms with E-state index in [1.807, 2.05) is 27.7 Å². The van der Waals surface area contributed by atoms with Gasteiger partial charge in [0.15, 0.2) is 0 Å². The number of amides is 1. The van der Waals surface area contributed by atoms with Crippen molar-refractivity contribution in [2.75, 3.05) is 12.4 Å². The largest absolute Gasteiger partial charge is 0.494 e. The number of methoxy groups -OCH3 is 1. The number of ether oxygens (including phenoxy) is 1. The highest BCUT2D eigenvalue weighted by atomic mass is 16.5. The van der Waals surface area contributed by atoms with Gasteiger partial charge in [-0.1, -0.05) is 6.07 Å². The van der Waals surface area contributed by atoms with Gasteiger partial charge in [-0.25, -0.2) is 0 Å². The molecular formula is C15H24N2O2. The lowest BCUT2D eigenvalue weighted by atomic mass is 10.0. The van der Waals surface area contributed by atoms with Gasteiger partial charge in [-0.15, -0.1) is 0 Å². The van der Waals surface area contributed by atoms with Crippen molar-refractivity contribution in [1.29, 1.82) is 0 Å². The summed E-state index contributed by atoms with van der Waals surface area (Å²) >= 11 is 0. The first-order chi connectivity index (χ1) is 8.86. The summed E-state index contributed by atoms with van der Waals surface area (Å²) in [6, 6.07) is 2.09. The Morgan fingerprint density at radius 3 is 2.53 bits per heavy atom. The second-order valence-corrected chi connectivity index (χ2v) is 5.11. The van der Waals surface area contributed by atoms with Gasteiger partial charge in [-0.2, -0.15) is 0 Å². The number of carbonyl (C=O) groups excluding carboxylic acids is 1. The smallest absolute Gasteiger partial charge is 0.224 e. The number of nitrogens with one attached hydrogen (secondary N) is 1. The van der Waals surface area contributed by atoms with E-state index in [4.69, 9.17) is 10.5 Å². The van der Waals surface area contributed by atoms with E-state index in [2.05, 4.69) is 11.4 Å². The zero-order valence-corrected chi connectivity index (χ0v) is 12.5. The normalized spacial score (nSPS) is 12.1. The maximum absolute atomic E-state index is 11.9. The van der Waals surface area contributed by atoms with Crippen molar-refractivity contribution in [3.63, 3.8) is 0 Å². The Morgan fingerprint density at radius 1 is 1.37 bits per heavy atom. The quantitative estimate of drug-likeness (QED) is 0.859. The van der Waals surface area contributed by atoms with Crippen molar-refractivity contribution < 1.29 is 9.53 Å². The molecule has 0 aliphatic carbocycles. The fraction of sp³-hybridized carbons (Fsp3) is 0.533. The third kappa shape index (κ3) is 3.96. The van der Waals surface area contributed by atoms with Gasteiger partial charge in [0.1, 0.15) is 5.75 Å². The molecule has 1 amide bonds. The van der Waals surface area contributed by atoms with Crippen LogP contribution in [0.2, 0.25) is 0 Å². The van der Waals surface area contributed by atoms with Gasteiger partial charge in [-0.05, 0) is 50.8 Å². The van der Waals surface area contributed by atoms with Gasteiger partial charge < -0.3 is 15.8 Å². The van der Waals surface area contributed by atoms with Crippen LogP contribution in [-0.4, -0.2) is 19.1 Å². The molecule has 0 aromatic heterocycles. The summed E-state index contributed by atoms with van der Waals surface area (Å²) in [5, 5.41) is 2.93. The van der Waals surface area contributed by atoms with Crippen LogP contribution in [0.3, 0.4) is 0 Å². The first-order valence-electron chi connectivity index (χ1n) is 6.57. The molecule has 0 saturated heterocycles. The fourth-order valence-electron chi connectivity index (χ4n) is 2.02. The topological polar surface area (TPSA) is 64.3 Å². The fourth-order valence-corrected chi connectivity index (χ4v) is 2.02. The summed E-state index contributed by atoms with van der Waals surface area (Å²) in [4.78, 5) is 11.9. The number of nitrogens with two attached hydrogens (primary N) is 1. The predicted molar refractivity (Wildman–Crippen MR) is 78.7 cm³/mol. The Kier molecular flexibility index (Phi) is 5.36. The van der Waals surface area contributed by atoms with Crippen molar-refractivity contribution >= 4 is 11.6 Å². The number of benzene rings is 1. The van der Waals surface area contributed by atoms with Gasteiger partial charge in [0.05, 0.1) is 12.8 Å². The third-order valence-corrected chi connectivity index (χ3v) is 3.28. The Hall–Kier alpha value is -1.55. The highest BCUT2D eigenvalue weighted by Crippen LogP contribution is 2.34. The maximum atomic E-state index is 11.9. The van der Waals surface area contributed by atoms with Gasteiger partial charge in [-0.3, -0.25) is 4.79 Å². The molecule has 0 fully saturated rings. The molecule has 19 heavy (non-hydrogen) atoms. The van der Waals surface area contributed by atoms with Crippen LogP contribution in [0.5, 0.6) is 5.75 Å². The second kappa shape index (κ2) is 6.57. The van der Waals surface area contributed by atoms with Crippen molar-refractivity contribution in [3.8, 4) is 5.75 Å². The van der Waals surface area contributed by atoms with Crippen LogP contribution < -0.4 is 15.8 Å². The molecule has 4 heteroatoms. The summed E-state index contributed by atoms with van der Waals surface area (Å²) in [6.07, 6.45) is 1.10. The molecule has 0 heterocycles. The predicted octanol–water partition coefficient (Wildman–Crippen LogP) is 2.69. The van der Waals surface area contributed by atoms with E-state index < -0.39 is 0 Å². The van der Waals surface area contributed by atoms with Gasteiger partial charge >= 0.3 is 0 Å². The van der Waals surface area contributed by atoms with E-state index in [-0.39, 0.29) is 11.9 Å². The lowest BCUT2D eigenvalue weighted by molar-refractivity contribution is -0.116. The molecular weight excluding hydrogens is 240 g/mol. The van der Waals surface area contributed by atoms with E-state index in [0.717, 1.165) is 28.1 Å². The van der Waals surface area contributed by atoms with Crippen molar-refractivity contribution in [2.24, 2.45) is 5.73 Å². The molecule has 0 bridgehead atoms. The molecule has 1 unspecified atom stereocenters. The van der Waals surface area contributed by atoms with Crippen LogP contribution in [-0.2, 0) is 4.79 Å². The van der Waals surface area contributed by atoms with Crippen molar-refractivity contribution in [2.45, 2.75) is 46.6 Å². The van der Waals surface area contributed by atoms with Crippen molar-refractivity contribution in [1.82, 2.24) is 0 Å². The monoisotopic (exact) mass is 264 g/mol. The van der Waals surface area contributed by atoms with Gasteiger partial charge in [0.2, 0.25) is 5.91 Å². The Labute approximate surface area is 115 Å². The van der Waals surface area contributed by atoms with E-state index in [0.29, 0.717) is 12.8 Å². The average Bonchev–Trinajstić information content (AvgIpc) is 2.34. The third-order valence-electron chi connectivity index (χ3n) is 3.28. The Morgan fingerprint density at radius 2 is 2.00 bits per heavy atom. The van der Waals surface area contributed by atoms with E-state index in [1.165, 1.54) is 0 Å². The summed E-state index contributed by atoms with van der Waals surface area (Å²) in [5.41, 5.74) is 9.64. The zero-order valence-electron chi connectivity index (χ0n) is 12.5. The van der Waals surface area contributed by atoms with Crippen LogP contribution >= 0.6 is 0 Å². The van der Waals surface area contributed by atoms with E-state index in [1.54, 1.807) is 7.11 Å². The molecule has 0 aliphatic heterocycles. The molecule has 0 radical (unpaired) electrons. The van der Waals surface area contributed by atoms with Crippen LogP contribution in [0.1, 0.15) is 36.5 Å². The molecule has 0 aliphatic rings. The number of hydrogen-bond donors (Lipinski definition) is 2. The minimum absolute atomic E-state index is 0.0260. The molecule has 1 rings (SSSR count). The minimum Gasteiger partial charge on any atom is -0.494 e. The molecule has 0 spiro atoms. The molecule has 1 atom stereocenters. The molecule has 0 saturated carbocycles. The Balaban J connectivity index is 2.94. The van der Waals surface area contributed by atoms with E-state index >= 15 is 0 Å². The molecule has 4 nitrogen and oxygen atoms in total. The van der Waals surface area contributed by atoms with Crippen LogP contribution in [0.25, 0.3) is 0 Å². The Bertz CT molecular complexity index is 468.